The van der Waals surface area contributed by atoms with Crippen molar-refractivity contribution in [2.75, 3.05) is 7.05 Å². The summed E-state index contributed by atoms with van der Waals surface area (Å²) in [6, 6.07) is 6.40. The molecule has 0 saturated carbocycles. The first kappa shape index (κ1) is 14.2. The summed E-state index contributed by atoms with van der Waals surface area (Å²) in [6.45, 7) is 5.13. The van der Waals surface area contributed by atoms with Crippen molar-refractivity contribution in [3.63, 3.8) is 0 Å². The predicted octanol–water partition coefficient (Wildman–Crippen LogP) is 3.07. The molecule has 0 aliphatic rings. The first-order valence-corrected chi connectivity index (χ1v) is 7.29. The molecule has 1 aromatic heterocycles. The van der Waals surface area contributed by atoms with E-state index in [1.165, 1.54) is 11.1 Å². The van der Waals surface area contributed by atoms with Crippen molar-refractivity contribution >= 4 is 15.9 Å². The van der Waals surface area contributed by atoms with E-state index < -0.39 is 0 Å². The van der Waals surface area contributed by atoms with Gasteiger partial charge in [0, 0.05) is 11.0 Å². The van der Waals surface area contributed by atoms with E-state index in [1.807, 2.05) is 17.9 Å². The highest BCUT2D eigenvalue weighted by Crippen LogP contribution is 2.30. The average Bonchev–Trinajstić information content (AvgIpc) is 2.84. The van der Waals surface area contributed by atoms with Crippen LogP contribution in [0.4, 0.5) is 0 Å². The molecule has 0 aliphatic carbocycles. The largest absolute Gasteiger partial charge is 0.308 e. The normalized spacial score (nSPS) is 12.6. The third-order valence-corrected chi connectivity index (χ3v) is 4.28. The van der Waals surface area contributed by atoms with Crippen LogP contribution < -0.4 is 5.32 Å². The van der Waals surface area contributed by atoms with Gasteiger partial charge in [-0.05, 0) is 31.5 Å². The minimum Gasteiger partial charge on any atom is -0.308 e. The fraction of sp³-hybridized carbons (Fsp3) is 0.429. The molecule has 2 rings (SSSR count). The van der Waals surface area contributed by atoms with Crippen molar-refractivity contribution in [3.8, 4) is 0 Å². The van der Waals surface area contributed by atoms with Crippen LogP contribution in [-0.4, -0.2) is 22.0 Å². The Hall–Kier alpha value is -1.20. The summed E-state index contributed by atoms with van der Waals surface area (Å²) in [4.78, 5) is 0. The summed E-state index contributed by atoms with van der Waals surface area (Å²) < 4.78 is 3.11. The van der Waals surface area contributed by atoms with Crippen LogP contribution in [0.25, 0.3) is 0 Å². The molecule has 2 aromatic rings. The van der Waals surface area contributed by atoms with Gasteiger partial charge in [-0.15, -0.1) is 5.10 Å². The Kier molecular flexibility index (Phi) is 4.71. The maximum absolute atomic E-state index is 4.16. The van der Waals surface area contributed by atoms with Gasteiger partial charge >= 0.3 is 0 Å². The topological polar surface area (TPSA) is 42.7 Å². The van der Waals surface area contributed by atoms with Gasteiger partial charge in [0.1, 0.15) is 0 Å². The number of aromatic nitrogens is 3. The summed E-state index contributed by atoms with van der Waals surface area (Å²) in [5, 5.41) is 11.6. The number of halogens is 1. The molecule has 102 valence electrons. The second-order valence-electron chi connectivity index (χ2n) is 4.58. The lowest BCUT2D eigenvalue weighted by Gasteiger charge is -2.19. The van der Waals surface area contributed by atoms with Gasteiger partial charge in [0.15, 0.2) is 0 Å². The number of hydrogen-bond acceptors (Lipinski definition) is 3. The fourth-order valence-corrected chi connectivity index (χ4v) is 2.72. The Balaban J connectivity index is 2.44. The maximum atomic E-state index is 4.16. The molecule has 0 spiro atoms. The van der Waals surface area contributed by atoms with E-state index in [0.29, 0.717) is 0 Å². The molecule has 1 heterocycles. The van der Waals surface area contributed by atoms with E-state index in [1.54, 1.807) is 0 Å². The number of aryl methyl sites for hydroxylation is 2. The van der Waals surface area contributed by atoms with E-state index in [9.17, 15) is 0 Å². The molecule has 0 fully saturated rings. The molecule has 4 nitrogen and oxygen atoms in total. The van der Waals surface area contributed by atoms with Crippen LogP contribution in [0, 0.1) is 6.92 Å². The van der Waals surface area contributed by atoms with Gasteiger partial charge in [-0.25, -0.2) is 4.68 Å². The number of hydrogen-bond donors (Lipinski definition) is 1. The molecule has 1 aromatic carbocycles. The van der Waals surface area contributed by atoms with Gasteiger partial charge < -0.3 is 5.32 Å². The van der Waals surface area contributed by atoms with Crippen molar-refractivity contribution in [2.45, 2.75) is 32.9 Å². The summed E-state index contributed by atoms with van der Waals surface area (Å²) in [6.07, 6.45) is 2.88. The molecule has 1 unspecified atom stereocenters. The molecule has 0 bridgehead atoms. The smallest absolute Gasteiger partial charge is 0.0802 e. The molecule has 0 amide bonds. The molecule has 0 aliphatic heterocycles. The van der Waals surface area contributed by atoms with E-state index in [2.05, 4.69) is 63.6 Å². The third-order valence-electron chi connectivity index (χ3n) is 3.20. The van der Waals surface area contributed by atoms with Crippen molar-refractivity contribution < 1.29 is 0 Å². The third kappa shape index (κ3) is 2.87. The summed E-state index contributed by atoms with van der Waals surface area (Å²) in [5.74, 6) is 0. The van der Waals surface area contributed by atoms with Crippen LogP contribution in [0.1, 0.15) is 36.2 Å². The molecule has 0 saturated heterocycles. The zero-order valence-electron chi connectivity index (χ0n) is 11.5. The summed E-state index contributed by atoms with van der Waals surface area (Å²) >= 11 is 3.68. The molecular formula is C14H19BrN4. The van der Waals surface area contributed by atoms with Crippen molar-refractivity contribution in [1.29, 1.82) is 0 Å². The molecular weight excluding hydrogens is 304 g/mol. The molecule has 1 atom stereocenters. The van der Waals surface area contributed by atoms with E-state index in [4.69, 9.17) is 0 Å². The molecule has 1 N–H and O–H groups in total. The lowest BCUT2D eigenvalue weighted by molar-refractivity contribution is 0.522. The number of rotatable bonds is 5. The SMILES string of the molecule is CCCn1nncc1C(NC)c1cccc(C)c1Br. The Labute approximate surface area is 122 Å². The van der Waals surface area contributed by atoms with Crippen LogP contribution in [0.15, 0.2) is 28.9 Å². The van der Waals surface area contributed by atoms with Gasteiger partial charge in [-0.3, -0.25) is 0 Å². The quantitative estimate of drug-likeness (QED) is 0.919. The van der Waals surface area contributed by atoms with Crippen molar-refractivity contribution in [3.05, 3.63) is 45.7 Å². The van der Waals surface area contributed by atoms with E-state index in [-0.39, 0.29) is 6.04 Å². The van der Waals surface area contributed by atoms with Crippen LogP contribution in [-0.2, 0) is 6.54 Å². The average molecular weight is 323 g/mol. The van der Waals surface area contributed by atoms with E-state index in [0.717, 1.165) is 23.1 Å². The highest BCUT2D eigenvalue weighted by Gasteiger charge is 2.20. The van der Waals surface area contributed by atoms with Crippen LogP contribution >= 0.6 is 15.9 Å². The Bertz CT molecular complexity index is 550. The minimum atomic E-state index is 0.0934. The predicted molar refractivity (Wildman–Crippen MR) is 80.1 cm³/mol. The lowest BCUT2D eigenvalue weighted by atomic mass is 10.0. The van der Waals surface area contributed by atoms with Crippen molar-refractivity contribution in [1.82, 2.24) is 20.3 Å². The second-order valence-corrected chi connectivity index (χ2v) is 5.37. The Morgan fingerprint density at radius 1 is 1.42 bits per heavy atom. The standard InChI is InChI=1S/C14H19BrN4/c1-4-8-19-12(9-17-18-19)14(16-3)11-7-5-6-10(2)13(11)15/h5-7,9,14,16H,4,8H2,1-3H3. The van der Waals surface area contributed by atoms with Crippen LogP contribution in [0.5, 0.6) is 0 Å². The first-order chi connectivity index (χ1) is 9.19. The van der Waals surface area contributed by atoms with E-state index >= 15 is 0 Å². The maximum Gasteiger partial charge on any atom is 0.0802 e. The van der Waals surface area contributed by atoms with Gasteiger partial charge in [0.2, 0.25) is 0 Å². The number of benzene rings is 1. The first-order valence-electron chi connectivity index (χ1n) is 6.49. The zero-order chi connectivity index (χ0) is 13.8. The van der Waals surface area contributed by atoms with Crippen LogP contribution in [0.2, 0.25) is 0 Å². The Morgan fingerprint density at radius 2 is 2.21 bits per heavy atom. The highest BCUT2D eigenvalue weighted by molar-refractivity contribution is 9.10. The summed E-state index contributed by atoms with van der Waals surface area (Å²) in [7, 11) is 1.96. The van der Waals surface area contributed by atoms with Gasteiger partial charge in [-0.2, -0.15) is 0 Å². The summed E-state index contributed by atoms with van der Waals surface area (Å²) in [5.41, 5.74) is 3.53. The zero-order valence-corrected chi connectivity index (χ0v) is 13.1. The second kappa shape index (κ2) is 6.30. The fourth-order valence-electron chi connectivity index (χ4n) is 2.23. The van der Waals surface area contributed by atoms with Gasteiger partial charge in [0.05, 0.1) is 17.9 Å². The van der Waals surface area contributed by atoms with Gasteiger partial charge in [0.25, 0.3) is 0 Å². The van der Waals surface area contributed by atoms with Crippen molar-refractivity contribution in [2.24, 2.45) is 0 Å². The highest BCUT2D eigenvalue weighted by atomic mass is 79.9. The van der Waals surface area contributed by atoms with Gasteiger partial charge in [-0.1, -0.05) is 46.3 Å². The lowest BCUT2D eigenvalue weighted by Crippen LogP contribution is -2.22. The minimum absolute atomic E-state index is 0.0934. The van der Waals surface area contributed by atoms with Crippen LogP contribution in [0.3, 0.4) is 0 Å². The molecule has 19 heavy (non-hydrogen) atoms. The number of nitrogens with zero attached hydrogens (tertiary/aromatic N) is 3. The number of nitrogens with one attached hydrogen (secondary N) is 1. The molecule has 0 radical (unpaired) electrons. The Morgan fingerprint density at radius 3 is 2.89 bits per heavy atom. The molecule has 5 heteroatoms. The monoisotopic (exact) mass is 322 g/mol.